The van der Waals surface area contributed by atoms with Crippen LogP contribution < -0.4 is 15.6 Å². The minimum Gasteiger partial charge on any atom is -0.497 e. The maximum atomic E-state index is 13.5. The topological polar surface area (TPSA) is 78.2 Å². The van der Waals surface area contributed by atoms with Crippen LogP contribution >= 0.6 is 0 Å². The number of methoxy groups -OCH3 is 1. The molecule has 0 aliphatic heterocycles. The van der Waals surface area contributed by atoms with E-state index in [1.165, 1.54) is 19.2 Å². The van der Waals surface area contributed by atoms with Gasteiger partial charge in [0, 0.05) is 29.0 Å². The first-order valence-corrected chi connectivity index (χ1v) is 10.8. The summed E-state index contributed by atoms with van der Waals surface area (Å²) in [6.45, 7) is 0. The highest BCUT2D eigenvalue weighted by Crippen LogP contribution is 2.31. The minimum absolute atomic E-state index is 0.0443. The number of hydrogen-bond acceptors (Lipinski definition) is 4. The van der Waals surface area contributed by atoms with E-state index >= 15 is 0 Å². The molecule has 0 atom stereocenters. The summed E-state index contributed by atoms with van der Waals surface area (Å²) in [4.78, 5) is 27.0. The van der Waals surface area contributed by atoms with Crippen molar-refractivity contribution in [2.24, 2.45) is 7.05 Å². The van der Waals surface area contributed by atoms with E-state index in [1.807, 2.05) is 12.1 Å². The lowest BCUT2D eigenvalue weighted by molar-refractivity contribution is -0.137. The Balaban J connectivity index is 1.69. The van der Waals surface area contributed by atoms with Gasteiger partial charge < -0.3 is 14.6 Å². The maximum Gasteiger partial charge on any atom is 0.416 e. The SMILES string of the molecule is COc1ccc(-n2nc(C(=O)Nc3ccc(C(F)(F)F)cc3)c3c4ccccc4n(C)c3c2=O)cc1. The number of halogens is 3. The smallest absolute Gasteiger partial charge is 0.416 e. The lowest BCUT2D eigenvalue weighted by Crippen LogP contribution is -2.27. The largest absolute Gasteiger partial charge is 0.497 e. The Hall–Kier alpha value is -4.60. The summed E-state index contributed by atoms with van der Waals surface area (Å²) in [5.41, 5.74) is 0.254. The van der Waals surface area contributed by atoms with Crippen molar-refractivity contribution in [1.29, 1.82) is 0 Å². The van der Waals surface area contributed by atoms with E-state index in [0.717, 1.165) is 22.3 Å². The molecule has 1 N–H and O–H groups in total. The van der Waals surface area contributed by atoms with Crippen molar-refractivity contribution < 1.29 is 22.7 Å². The molecule has 0 saturated carbocycles. The number of carbonyl (C=O) groups is 1. The fourth-order valence-electron chi connectivity index (χ4n) is 4.17. The zero-order chi connectivity index (χ0) is 25.6. The van der Waals surface area contributed by atoms with Crippen LogP contribution in [0.1, 0.15) is 16.1 Å². The van der Waals surface area contributed by atoms with Crippen LogP contribution in [-0.4, -0.2) is 27.4 Å². The molecular formula is C26H19F3N4O3. The van der Waals surface area contributed by atoms with Crippen molar-refractivity contribution >= 4 is 33.4 Å². The highest BCUT2D eigenvalue weighted by Gasteiger charge is 2.30. The fraction of sp³-hybridized carbons (Fsp3) is 0.115. The normalized spacial score (nSPS) is 11.7. The van der Waals surface area contributed by atoms with E-state index in [9.17, 15) is 22.8 Å². The molecule has 5 rings (SSSR count). The van der Waals surface area contributed by atoms with Gasteiger partial charge in [0.1, 0.15) is 11.3 Å². The number of ether oxygens (including phenoxy) is 1. The molecule has 7 nitrogen and oxygen atoms in total. The van der Waals surface area contributed by atoms with Gasteiger partial charge in [0.2, 0.25) is 0 Å². The molecule has 182 valence electrons. The van der Waals surface area contributed by atoms with E-state index in [-0.39, 0.29) is 16.9 Å². The van der Waals surface area contributed by atoms with Gasteiger partial charge in [-0.05, 0) is 54.6 Å². The van der Waals surface area contributed by atoms with E-state index < -0.39 is 23.2 Å². The van der Waals surface area contributed by atoms with Crippen LogP contribution in [-0.2, 0) is 13.2 Å². The molecule has 0 saturated heterocycles. The second kappa shape index (κ2) is 8.56. The maximum absolute atomic E-state index is 13.5. The van der Waals surface area contributed by atoms with Crippen LogP contribution in [0.4, 0.5) is 18.9 Å². The minimum atomic E-state index is -4.49. The molecule has 3 aromatic carbocycles. The second-order valence-electron chi connectivity index (χ2n) is 8.09. The zero-order valence-electron chi connectivity index (χ0n) is 19.1. The number of fused-ring (bicyclic) bond motifs is 3. The highest BCUT2D eigenvalue weighted by molar-refractivity contribution is 6.19. The van der Waals surface area contributed by atoms with Crippen molar-refractivity contribution in [2.75, 3.05) is 12.4 Å². The zero-order valence-corrected chi connectivity index (χ0v) is 19.1. The molecule has 0 spiro atoms. The van der Waals surface area contributed by atoms with E-state index in [2.05, 4.69) is 10.4 Å². The first-order chi connectivity index (χ1) is 17.2. The van der Waals surface area contributed by atoms with Crippen molar-refractivity contribution in [1.82, 2.24) is 14.3 Å². The number of anilines is 1. The van der Waals surface area contributed by atoms with E-state index in [4.69, 9.17) is 4.74 Å². The van der Waals surface area contributed by atoms with Crippen molar-refractivity contribution in [3.05, 3.63) is 94.4 Å². The Labute approximate surface area is 202 Å². The van der Waals surface area contributed by atoms with Gasteiger partial charge in [-0.2, -0.15) is 23.0 Å². The fourth-order valence-corrected chi connectivity index (χ4v) is 4.17. The van der Waals surface area contributed by atoms with Crippen LogP contribution in [0, 0.1) is 0 Å². The van der Waals surface area contributed by atoms with E-state index in [0.29, 0.717) is 22.2 Å². The monoisotopic (exact) mass is 492 g/mol. The molecule has 0 unspecified atom stereocenters. The first kappa shape index (κ1) is 23.2. The number of aromatic nitrogens is 3. The molecule has 10 heteroatoms. The van der Waals surface area contributed by atoms with Crippen molar-refractivity contribution in [3.8, 4) is 11.4 Å². The Kier molecular flexibility index (Phi) is 5.51. The van der Waals surface area contributed by atoms with Gasteiger partial charge in [0.15, 0.2) is 5.69 Å². The summed E-state index contributed by atoms with van der Waals surface area (Å²) in [5.74, 6) is -0.0869. The predicted octanol–water partition coefficient (Wildman–Crippen LogP) is 5.16. The van der Waals surface area contributed by atoms with Gasteiger partial charge in [-0.15, -0.1) is 0 Å². The Morgan fingerprint density at radius 2 is 1.64 bits per heavy atom. The number of nitrogens with zero attached hydrogens (tertiary/aromatic N) is 3. The van der Waals surface area contributed by atoms with Gasteiger partial charge in [-0.25, -0.2) is 0 Å². The van der Waals surface area contributed by atoms with Crippen molar-refractivity contribution in [2.45, 2.75) is 6.18 Å². The number of rotatable bonds is 4. The number of carbonyl (C=O) groups excluding carboxylic acids is 1. The molecule has 0 bridgehead atoms. The lowest BCUT2D eigenvalue weighted by Gasteiger charge is -2.12. The Morgan fingerprint density at radius 3 is 2.28 bits per heavy atom. The number of amides is 1. The molecule has 2 aromatic heterocycles. The number of aryl methyl sites for hydroxylation is 1. The average Bonchev–Trinajstić information content (AvgIpc) is 3.17. The summed E-state index contributed by atoms with van der Waals surface area (Å²) in [6.07, 6.45) is -4.49. The first-order valence-electron chi connectivity index (χ1n) is 10.8. The third kappa shape index (κ3) is 3.86. The number of nitrogens with one attached hydrogen (secondary N) is 1. The number of hydrogen-bond donors (Lipinski definition) is 1. The van der Waals surface area contributed by atoms with Crippen LogP contribution in [0.25, 0.3) is 27.5 Å². The summed E-state index contributed by atoms with van der Waals surface area (Å²) < 4.78 is 46.8. The van der Waals surface area contributed by atoms with Crippen LogP contribution in [0.2, 0.25) is 0 Å². The Morgan fingerprint density at radius 1 is 0.972 bits per heavy atom. The predicted molar refractivity (Wildman–Crippen MR) is 130 cm³/mol. The average molecular weight is 492 g/mol. The molecule has 0 fully saturated rings. The van der Waals surface area contributed by atoms with Gasteiger partial charge in [-0.3, -0.25) is 9.59 Å². The van der Waals surface area contributed by atoms with Crippen LogP contribution in [0.3, 0.4) is 0 Å². The molecule has 0 radical (unpaired) electrons. The third-order valence-corrected chi connectivity index (χ3v) is 5.94. The number of alkyl halides is 3. The summed E-state index contributed by atoms with van der Waals surface area (Å²) in [6, 6.07) is 17.9. The number of para-hydroxylation sites is 1. The lowest BCUT2D eigenvalue weighted by atomic mass is 10.1. The van der Waals surface area contributed by atoms with Crippen molar-refractivity contribution in [3.63, 3.8) is 0 Å². The summed E-state index contributed by atoms with van der Waals surface area (Å²) in [7, 11) is 3.24. The quantitative estimate of drug-likeness (QED) is 0.376. The molecule has 2 heterocycles. The molecule has 1 amide bonds. The van der Waals surface area contributed by atoms with Gasteiger partial charge in [0.05, 0.1) is 18.4 Å². The standard InChI is InChI=1S/C26H19F3N4O3/c1-32-20-6-4-3-5-19(20)21-22(24(34)30-16-9-7-15(8-10-16)26(27,28)29)31-33(25(35)23(21)32)17-11-13-18(36-2)14-12-17/h3-14H,1-2H3,(H,30,34). The summed E-state index contributed by atoms with van der Waals surface area (Å²) in [5, 5.41) is 8.01. The third-order valence-electron chi connectivity index (χ3n) is 5.94. The molecule has 5 aromatic rings. The molecule has 0 aliphatic rings. The van der Waals surface area contributed by atoms with Crippen LogP contribution in [0.5, 0.6) is 5.75 Å². The second-order valence-corrected chi connectivity index (χ2v) is 8.09. The van der Waals surface area contributed by atoms with E-state index in [1.54, 1.807) is 48.0 Å². The number of benzene rings is 3. The summed E-state index contributed by atoms with van der Waals surface area (Å²) >= 11 is 0. The highest BCUT2D eigenvalue weighted by atomic mass is 19.4. The van der Waals surface area contributed by atoms with Gasteiger partial charge in [-0.1, -0.05) is 18.2 Å². The van der Waals surface area contributed by atoms with Gasteiger partial charge in [0.25, 0.3) is 11.5 Å². The Bertz CT molecular complexity index is 1670. The van der Waals surface area contributed by atoms with Gasteiger partial charge >= 0.3 is 6.18 Å². The van der Waals surface area contributed by atoms with Crippen LogP contribution in [0.15, 0.2) is 77.6 Å². The molecular weight excluding hydrogens is 473 g/mol. The molecule has 36 heavy (non-hydrogen) atoms. The molecule has 0 aliphatic carbocycles.